The molecule has 0 aliphatic carbocycles. The Hall–Kier alpha value is -1.91. The predicted octanol–water partition coefficient (Wildman–Crippen LogP) is 2.22. The molecule has 78 valence electrons. The summed E-state index contributed by atoms with van der Waals surface area (Å²) in [6.45, 7) is 1.90. The van der Waals surface area contributed by atoms with E-state index >= 15 is 0 Å². The maximum atomic E-state index is 10.5. The van der Waals surface area contributed by atoms with Crippen LogP contribution in [0.3, 0.4) is 0 Å². The highest BCUT2D eigenvalue weighted by Crippen LogP contribution is 2.32. The molecule has 0 aromatic heterocycles. The van der Waals surface area contributed by atoms with Gasteiger partial charge in [-0.2, -0.15) is 0 Å². The molecule has 1 heterocycles. The van der Waals surface area contributed by atoms with E-state index in [2.05, 4.69) is 5.16 Å². The molecule has 0 saturated heterocycles. The van der Waals surface area contributed by atoms with Crippen LogP contribution >= 0.6 is 0 Å². The van der Waals surface area contributed by atoms with Crippen LogP contribution in [-0.4, -0.2) is 11.1 Å². The highest BCUT2D eigenvalue weighted by atomic mass is 16.7. The fraction of sp³-hybridized carbons (Fsp3) is 0.300. The topological polar surface area (TPSA) is 64.7 Å². The molecule has 1 unspecified atom stereocenters. The van der Waals surface area contributed by atoms with Gasteiger partial charge in [0.2, 0.25) is 0 Å². The number of hydrogen-bond acceptors (Lipinski definition) is 4. The van der Waals surface area contributed by atoms with Crippen LogP contribution < -0.4 is 0 Å². The monoisotopic (exact) mass is 206 g/mol. The second-order valence-corrected chi connectivity index (χ2v) is 3.62. The Morgan fingerprint density at radius 1 is 1.47 bits per heavy atom. The Balaban J connectivity index is 2.27. The zero-order chi connectivity index (χ0) is 10.9. The number of hydrogen-bond donors (Lipinski definition) is 0. The highest BCUT2D eigenvalue weighted by molar-refractivity contribution is 5.60. The SMILES string of the molecule is CC1(c2ccc([N+](=O)[O-])cc2)CC=NO1. The molecule has 1 aliphatic heterocycles. The first kappa shape index (κ1) is 9.64. The third-order valence-corrected chi connectivity index (χ3v) is 2.50. The van der Waals surface area contributed by atoms with Crippen LogP contribution in [0.2, 0.25) is 0 Å². The van der Waals surface area contributed by atoms with Gasteiger partial charge in [-0.05, 0) is 24.6 Å². The van der Waals surface area contributed by atoms with Crippen LogP contribution in [0.5, 0.6) is 0 Å². The molecule has 5 nitrogen and oxygen atoms in total. The lowest BCUT2D eigenvalue weighted by Gasteiger charge is -2.21. The molecule has 1 aromatic rings. The number of oxime groups is 1. The van der Waals surface area contributed by atoms with Crippen molar-refractivity contribution in [3.63, 3.8) is 0 Å². The van der Waals surface area contributed by atoms with E-state index < -0.39 is 10.5 Å². The van der Waals surface area contributed by atoms with Crippen LogP contribution in [0.4, 0.5) is 5.69 Å². The summed E-state index contributed by atoms with van der Waals surface area (Å²) in [5, 5.41) is 14.2. The second-order valence-electron chi connectivity index (χ2n) is 3.62. The number of nitrogens with zero attached hydrogens (tertiary/aromatic N) is 2. The van der Waals surface area contributed by atoms with Gasteiger partial charge in [0.15, 0.2) is 5.60 Å². The molecule has 0 bridgehead atoms. The van der Waals surface area contributed by atoms with E-state index in [1.807, 2.05) is 6.92 Å². The summed E-state index contributed by atoms with van der Waals surface area (Å²) in [6.07, 6.45) is 2.38. The summed E-state index contributed by atoms with van der Waals surface area (Å²) >= 11 is 0. The van der Waals surface area contributed by atoms with Gasteiger partial charge in [-0.1, -0.05) is 5.16 Å². The maximum Gasteiger partial charge on any atom is 0.269 e. The first-order valence-corrected chi connectivity index (χ1v) is 4.57. The minimum Gasteiger partial charge on any atom is -0.385 e. The molecule has 0 radical (unpaired) electrons. The van der Waals surface area contributed by atoms with Crippen LogP contribution in [0, 0.1) is 10.1 Å². The average molecular weight is 206 g/mol. The number of non-ortho nitro benzene ring substituents is 1. The van der Waals surface area contributed by atoms with Crippen LogP contribution in [-0.2, 0) is 10.4 Å². The van der Waals surface area contributed by atoms with Gasteiger partial charge >= 0.3 is 0 Å². The molecule has 0 fully saturated rings. The Kier molecular flexibility index (Phi) is 2.15. The lowest BCUT2D eigenvalue weighted by atomic mass is 9.93. The zero-order valence-electron chi connectivity index (χ0n) is 8.21. The minimum absolute atomic E-state index is 0.0845. The molecule has 0 amide bonds. The van der Waals surface area contributed by atoms with Gasteiger partial charge in [0.1, 0.15) is 0 Å². The fourth-order valence-corrected chi connectivity index (χ4v) is 1.51. The van der Waals surface area contributed by atoms with Gasteiger partial charge in [0.05, 0.1) is 4.92 Å². The van der Waals surface area contributed by atoms with E-state index in [4.69, 9.17) is 4.84 Å². The molecular formula is C10H10N2O3. The summed E-state index contributed by atoms with van der Waals surface area (Å²) in [5.74, 6) is 0. The van der Waals surface area contributed by atoms with E-state index in [-0.39, 0.29) is 5.69 Å². The van der Waals surface area contributed by atoms with Gasteiger partial charge < -0.3 is 4.84 Å². The van der Waals surface area contributed by atoms with Crippen molar-refractivity contribution in [1.82, 2.24) is 0 Å². The molecule has 1 aliphatic rings. The van der Waals surface area contributed by atoms with Crippen molar-refractivity contribution in [3.8, 4) is 0 Å². The smallest absolute Gasteiger partial charge is 0.269 e. The highest BCUT2D eigenvalue weighted by Gasteiger charge is 2.31. The Morgan fingerprint density at radius 3 is 2.60 bits per heavy atom. The Labute approximate surface area is 86.5 Å². The number of nitro benzene ring substituents is 1. The van der Waals surface area contributed by atoms with Crippen molar-refractivity contribution in [2.24, 2.45) is 5.16 Å². The van der Waals surface area contributed by atoms with E-state index in [0.717, 1.165) is 5.56 Å². The molecule has 15 heavy (non-hydrogen) atoms. The van der Waals surface area contributed by atoms with E-state index in [9.17, 15) is 10.1 Å². The van der Waals surface area contributed by atoms with Crippen LogP contribution in [0.25, 0.3) is 0 Å². The van der Waals surface area contributed by atoms with Gasteiger partial charge in [0, 0.05) is 24.8 Å². The largest absolute Gasteiger partial charge is 0.385 e. The Morgan fingerprint density at radius 2 is 2.13 bits per heavy atom. The van der Waals surface area contributed by atoms with Gasteiger partial charge in [0.25, 0.3) is 5.69 Å². The predicted molar refractivity (Wildman–Crippen MR) is 54.6 cm³/mol. The summed E-state index contributed by atoms with van der Waals surface area (Å²) in [6, 6.07) is 6.35. The van der Waals surface area contributed by atoms with Crippen molar-refractivity contribution in [3.05, 3.63) is 39.9 Å². The normalized spacial score (nSPS) is 23.8. The van der Waals surface area contributed by atoms with E-state index in [1.165, 1.54) is 12.1 Å². The number of nitro groups is 1. The van der Waals surface area contributed by atoms with Crippen molar-refractivity contribution < 1.29 is 9.76 Å². The van der Waals surface area contributed by atoms with Crippen molar-refractivity contribution in [1.29, 1.82) is 0 Å². The number of rotatable bonds is 2. The molecule has 0 saturated carbocycles. The summed E-state index contributed by atoms with van der Waals surface area (Å²) in [7, 11) is 0. The zero-order valence-corrected chi connectivity index (χ0v) is 8.21. The third-order valence-electron chi connectivity index (χ3n) is 2.50. The van der Waals surface area contributed by atoms with Crippen molar-refractivity contribution in [2.75, 3.05) is 0 Å². The molecular weight excluding hydrogens is 196 g/mol. The number of benzene rings is 1. The summed E-state index contributed by atoms with van der Waals surface area (Å²) in [4.78, 5) is 15.3. The molecule has 1 aromatic carbocycles. The average Bonchev–Trinajstić information content (AvgIpc) is 2.67. The second kappa shape index (κ2) is 3.34. The molecule has 5 heteroatoms. The fourth-order valence-electron chi connectivity index (χ4n) is 1.51. The summed E-state index contributed by atoms with van der Waals surface area (Å²) in [5.41, 5.74) is 0.502. The Bertz CT molecular complexity index is 403. The lowest BCUT2D eigenvalue weighted by Crippen LogP contribution is -2.20. The third kappa shape index (κ3) is 1.68. The molecule has 0 spiro atoms. The van der Waals surface area contributed by atoms with Gasteiger partial charge in [-0.15, -0.1) is 0 Å². The van der Waals surface area contributed by atoms with E-state index in [0.29, 0.717) is 6.42 Å². The standard InChI is InChI=1S/C10H10N2O3/c1-10(6-7-11-15-10)8-2-4-9(5-3-8)12(13)14/h2-5,7H,6H2,1H3. The lowest BCUT2D eigenvalue weighted by molar-refractivity contribution is -0.384. The molecule has 2 rings (SSSR count). The first-order chi connectivity index (χ1) is 7.12. The maximum absolute atomic E-state index is 10.5. The van der Waals surface area contributed by atoms with E-state index in [1.54, 1.807) is 18.3 Å². The van der Waals surface area contributed by atoms with Crippen molar-refractivity contribution in [2.45, 2.75) is 18.9 Å². The minimum atomic E-state index is -0.477. The molecule has 1 atom stereocenters. The van der Waals surface area contributed by atoms with Crippen LogP contribution in [0.1, 0.15) is 18.9 Å². The van der Waals surface area contributed by atoms with Gasteiger partial charge in [-0.3, -0.25) is 10.1 Å². The molecule has 0 N–H and O–H groups in total. The summed E-state index contributed by atoms with van der Waals surface area (Å²) < 4.78 is 0. The quantitative estimate of drug-likeness (QED) is 0.550. The van der Waals surface area contributed by atoms with Crippen molar-refractivity contribution >= 4 is 11.9 Å². The van der Waals surface area contributed by atoms with Crippen LogP contribution in [0.15, 0.2) is 29.4 Å². The van der Waals surface area contributed by atoms with Gasteiger partial charge in [-0.25, -0.2) is 0 Å². The first-order valence-electron chi connectivity index (χ1n) is 4.57.